The normalized spacial score (nSPS) is 16.2. The van der Waals surface area contributed by atoms with Gasteiger partial charge in [0.1, 0.15) is 0 Å². The molecule has 2 rings (SSSR count). The van der Waals surface area contributed by atoms with Crippen molar-refractivity contribution < 1.29 is 0 Å². The van der Waals surface area contributed by atoms with E-state index in [1.165, 1.54) is 5.69 Å². The molecular formula is C9H16N4. The fourth-order valence-electron chi connectivity index (χ4n) is 1.57. The Balaban J connectivity index is 2.15. The van der Waals surface area contributed by atoms with Gasteiger partial charge < -0.3 is 5.32 Å². The van der Waals surface area contributed by atoms with Gasteiger partial charge in [0.25, 0.3) is 0 Å². The lowest BCUT2D eigenvalue weighted by molar-refractivity contribution is 0.434. The van der Waals surface area contributed by atoms with Crippen molar-refractivity contribution >= 4 is 0 Å². The molecule has 0 saturated heterocycles. The van der Waals surface area contributed by atoms with E-state index in [0.717, 1.165) is 31.7 Å². The number of fused-ring (bicyclic) bond motifs is 1. The highest BCUT2D eigenvalue weighted by Gasteiger charge is 2.14. The zero-order valence-corrected chi connectivity index (χ0v) is 8.25. The summed E-state index contributed by atoms with van der Waals surface area (Å²) < 4.78 is 0. The molecule has 0 aromatic carbocycles. The van der Waals surface area contributed by atoms with Crippen molar-refractivity contribution in [3.8, 4) is 0 Å². The monoisotopic (exact) mass is 180 g/mol. The number of nitrogens with one attached hydrogen (secondary N) is 1. The molecular weight excluding hydrogens is 164 g/mol. The molecule has 72 valence electrons. The Morgan fingerprint density at radius 1 is 1.38 bits per heavy atom. The number of nitrogens with zero attached hydrogens (tertiary/aromatic N) is 3. The second kappa shape index (κ2) is 3.46. The molecule has 0 bridgehead atoms. The van der Waals surface area contributed by atoms with Crippen molar-refractivity contribution in [3.05, 3.63) is 11.4 Å². The topological polar surface area (TPSA) is 42.7 Å². The van der Waals surface area contributed by atoms with Gasteiger partial charge in [0.2, 0.25) is 0 Å². The molecule has 0 saturated carbocycles. The van der Waals surface area contributed by atoms with Gasteiger partial charge in [-0.1, -0.05) is 13.8 Å². The minimum Gasteiger partial charge on any atom is -0.311 e. The van der Waals surface area contributed by atoms with E-state index in [2.05, 4.69) is 29.4 Å². The lowest BCUT2D eigenvalue weighted by atomic mass is 10.2. The maximum Gasteiger partial charge on any atom is 0.0997 e. The molecule has 0 unspecified atom stereocenters. The standard InChI is InChI=1S/C9H16N4/c1-7(2)6-13-11-8-3-4-10-5-9(8)12-13/h7,10H,3-6H2,1-2H3. The molecule has 0 radical (unpaired) electrons. The van der Waals surface area contributed by atoms with Gasteiger partial charge >= 0.3 is 0 Å². The van der Waals surface area contributed by atoms with E-state index < -0.39 is 0 Å². The summed E-state index contributed by atoms with van der Waals surface area (Å²) in [5.74, 6) is 0.613. The van der Waals surface area contributed by atoms with Crippen LogP contribution < -0.4 is 5.32 Å². The van der Waals surface area contributed by atoms with E-state index in [1.54, 1.807) is 0 Å². The van der Waals surface area contributed by atoms with Gasteiger partial charge in [0.15, 0.2) is 0 Å². The van der Waals surface area contributed by atoms with Crippen LogP contribution in [0.2, 0.25) is 0 Å². The first-order chi connectivity index (χ1) is 6.25. The summed E-state index contributed by atoms with van der Waals surface area (Å²) in [5.41, 5.74) is 2.31. The molecule has 13 heavy (non-hydrogen) atoms. The second-order valence-corrected chi connectivity index (χ2v) is 3.97. The Morgan fingerprint density at radius 3 is 2.85 bits per heavy atom. The number of aromatic nitrogens is 3. The van der Waals surface area contributed by atoms with E-state index in [0.29, 0.717) is 5.92 Å². The van der Waals surface area contributed by atoms with Crippen molar-refractivity contribution in [3.63, 3.8) is 0 Å². The summed E-state index contributed by atoms with van der Waals surface area (Å²) in [6.45, 7) is 7.20. The van der Waals surface area contributed by atoms with Crippen LogP contribution in [0, 0.1) is 5.92 Å². The minimum absolute atomic E-state index is 0.613. The Bertz CT molecular complexity index is 266. The summed E-state index contributed by atoms with van der Waals surface area (Å²) in [5, 5.41) is 12.2. The fraction of sp³-hybridized carbons (Fsp3) is 0.778. The van der Waals surface area contributed by atoms with E-state index >= 15 is 0 Å². The highest BCUT2D eigenvalue weighted by atomic mass is 15.5. The van der Waals surface area contributed by atoms with E-state index in [1.807, 2.05) is 4.80 Å². The molecule has 0 aliphatic carbocycles. The van der Waals surface area contributed by atoms with Crippen LogP contribution in [0.4, 0.5) is 0 Å². The highest BCUT2D eigenvalue weighted by Crippen LogP contribution is 2.08. The van der Waals surface area contributed by atoms with Crippen LogP contribution in [0.5, 0.6) is 0 Å². The van der Waals surface area contributed by atoms with Gasteiger partial charge in [-0.15, -0.1) is 0 Å². The van der Waals surface area contributed by atoms with Crippen molar-refractivity contribution in [1.82, 2.24) is 20.3 Å². The Kier molecular flexibility index (Phi) is 2.31. The van der Waals surface area contributed by atoms with Gasteiger partial charge in [0, 0.05) is 19.5 Å². The van der Waals surface area contributed by atoms with Crippen molar-refractivity contribution in [2.45, 2.75) is 33.4 Å². The molecule has 2 heterocycles. The molecule has 4 nitrogen and oxygen atoms in total. The molecule has 0 atom stereocenters. The number of hydrogen-bond donors (Lipinski definition) is 1. The van der Waals surface area contributed by atoms with Gasteiger partial charge in [-0.25, -0.2) is 0 Å². The van der Waals surface area contributed by atoms with Crippen LogP contribution >= 0.6 is 0 Å². The van der Waals surface area contributed by atoms with Gasteiger partial charge in [-0.2, -0.15) is 15.0 Å². The molecule has 1 aromatic heterocycles. The predicted molar refractivity (Wildman–Crippen MR) is 50.3 cm³/mol. The Morgan fingerprint density at radius 2 is 2.15 bits per heavy atom. The lowest BCUT2D eigenvalue weighted by Gasteiger charge is -2.07. The maximum atomic E-state index is 4.46. The molecule has 1 aliphatic rings. The largest absolute Gasteiger partial charge is 0.311 e. The first-order valence-electron chi connectivity index (χ1n) is 4.89. The maximum absolute atomic E-state index is 4.46. The van der Waals surface area contributed by atoms with E-state index in [4.69, 9.17) is 0 Å². The third kappa shape index (κ3) is 1.88. The Labute approximate surface area is 78.3 Å². The van der Waals surface area contributed by atoms with Crippen LogP contribution in [-0.4, -0.2) is 21.5 Å². The third-order valence-corrected chi connectivity index (χ3v) is 2.16. The minimum atomic E-state index is 0.613. The zero-order valence-electron chi connectivity index (χ0n) is 8.25. The summed E-state index contributed by atoms with van der Waals surface area (Å²) in [7, 11) is 0. The average Bonchev–Trinajstić information content (AvgIpc) is 2.44. The molecule has 4 heteroatoms. The van der Waals surface area contributed by atoms with Gasteiger partial charge in [-0.3, -0.25) is 0 Å². The summed E-state index contributed by atoms with van der Waals surface area (Å²) >= 11 is 0. The first-order valence-corrected chi connectivity index (χ1v) is 4.89. The second-order valence-electron chi connectivity index (χ2n) is 3.97. The highest BCUT2D eigenvalue weighted by molar-refractivity contribution is 5.11. The van der Waals surface area contributed by atoms with Crippen molar-refractivity contribution in [2.75, 3.05) is 6.54 Å². The van der Waals surface area contributed by atoms with E-state index in [9.17, 15) is 0 Å². The van der Waals surface area contributed by atoms with Crippen LogP contribution in [0.15, 0.2) is 0 Å². The molecule has 0 spiro atoms. The van der Waals surface area contributed by atoms with Crippen LogP contribution in [0.1, 0.15) is 25.2 Å². The van der Waals surface area contributed by atoms with E-state index in [-0.39, 0.29) is 0 Å². The van der Waals surface area contributed by atoms with Gasteiger partial charge in [-0.05, 0) is 5.92 Å². The predicted octanol–water partition coefficient (Wildman–Crippen LogP) is 0.580. The zero-order chi connectivity index (χ0) is 9.26. The molecule has 1 aromatic rings. The SMILES string of the molecule is CC(C)Cn1nc2c(n1)CNCC2. The lowest BCUT2D eigenvalue weighted by Crippen LogP contribution is -2.23. The van der Waals surface area contributed by atoms with Crippen LogP contribution in [-0.2, 0) is 19.5 Å². The smallest absolute Gasteiger partial charge is 0.0997 e. The number of hydrogen-bond acceptors (Lipinski definition) is 3. The number of rotatable bonds is 2. The fourth-order valence-corrected chi connectivity index (χ4v) is 1.57. The molecule has 0 fully saturated rings. The molecule has 1 N–H and O–H groups in total. The summed E-state index contributed by atoms with van der Waals surface area (Å²) in [6.07, 6.45) is 1.02. The molecule has 1 aliphatic heterocycles. The summed E-state index contributed by atoms with van der Waals surface area (Å²) in [6, 6.07) is 0. The quantitative estimate of drug-likeness (QED) is 0.724. The Hall–Kier alpha value is -0.900. The first kappa shape index (κ1) is 8.69. The van der Waals surface area contributed by atoms with Crippen molar-refractivity contribution in [2.24, 2.45) is 5.92 Å². The third-order valence-electron chi connectivity index (χ3n) is 2.16. The van der Waals surface area contributed by atoms with Crippen molar-refractivity contribution in [1.29, 1.82) is 0 Å². The van der Waals surface area contributed by atoms with Crippen LogP contribution in [0.25, 0.3) is 0 Å². The van der Waals surface area contributed by atoms with Crippen LogP contribution in [0.3, 0.4) is 0 Å². The summed E-state index contributed by atoms with van der Waals surface area (Å²) in [4.78, 5) is 1.84. The molecule has 0 amide bonds. The average molecular weight is 180 g/mol. The van der Waals surface area contributed by atoms with Gasteiger partial charge in [0.05, 0.1) is 17.9 Å².